The number of fused-ring (bicyclic) bond motifs is 1. The van der Waals surface area contributed by atoms with Gasteiger partial charge in [0.25, 0.3) is 0 Å². The molecule has 2 aliphatic rings. The second-order valence-electron chi connectivity index (χ2n) is 4.48. The minimum Gasteiger partial charge on any atom is -0.354 e. The Morgan fingerprint density at radius 2 is 1.94 bits per heavy atom. The van der Waals surface area contributed by atoms with E-state index in [2.05, 4.69) is 32.8 Å². The summed E-state index contributed by atoms with van der Waals surface area (Å²) in [6.07, 6.45) is 3.18. The molecule has 0 spiro atoms. The molecule has 3 rings (SSSR count). The highest BCUT2D eigenvalue weighted by Crippen LogP contribution is 2.19. The zero-order chi connectivity index (χ0) is 10.8. The first-order valence-electron chi connectivity index (χ1n) is 6.08. The third-order valence-corrected chi connectivity index (χ3v) is 3.40. The molecule has 0 aromatic carbocycles. The lowest BCUT2D eigenvalue weighted by molar-refractivity contribution is 0.582. The van der Waals surface area contributed by atoms with Crippen LogP contribution in [0.4, 0.5) is 5.82 Å². The molecule has 2 N–H and O–H groups in total. The van der Waals surface area contributed by atoms with E-state index in [9.17, 15) is 0 Å². The minimum atomic E-state index is 0.997. The monoisotopic (exact) mass is 218 g/mol. The van der Waals surface area contributed by atoms with Gasteiger partial charge in [0.2, 0.25) is 0 Å². The Morgan fingerprint density at radius 3 is 2.81 bits per heavy atom. The van der Waals surface area contributed by atoms with Crippen molar-refractivity contribution < 1.29 is 0 Å². The normalized spacial score (nSPS) is 20.6. The second-order valence-corrected chi connectivity index (χ2v) is 4.48. The molecule has 1 fully saturated rings. The van der Waals surface area contributed by atoms with Gasteiger partial charge in [-0.2, -0.15) is 0 Å². The zero-order valence-electron chi connectivity index (χ0n) is 9.50. The molecule has 4 heteroatoms. The number of nitrogens with zero attached hydrogens (tertiary/aromatic N) is 2. The van der Waals surface area contributed by atoms with E-state index in [1.807, 2.05) is 0 Å². The Balaban J connectivity index is 1.84. The largest absolute Gasteiger partial charge is 0.354 e. The highest BCUT2D eigenvalue weighted by molar-refractivity contribution is 5.45. The van der Waals surface area contributed by atoms with Crippen molar-refractivity contribution in [3.8, 4) is 0 Å². The molecular weight excluding hydrogens is 200 g/mol. The molecule has 0 atom stereocenters. The van der Waals surface area contributed by atoms with E-state index in [0.29, 0.717) is 0 Å². The average molecular weight is 218 g/mol. The summed E-state index contributed by atoms with van der Waals surface area (Å²) in [5, 5.41) is 6.78. The minimum absolute atomic E-state index is 0.997. The molecule has 0 aliphatic carbocycles. The van der Waals surface area contributed by atoms with Gasteiger partial charge in [0.1, 0.15) is 5.82 Å². The lowest BCUT2D eigenvalue weighted by atomic mass is 10.0. The van der Waals surface area contributed by atoms with Crippen molar-refractivity contribution in [3.63, 3.8) is 0 Å². The number of aromatic nitrogens is 1. The van der Waals surface area contributed by atoms with Gasteiger partial charge in [0.15, 0.2) is 0 Å². The van der Waals surface area contributed by atoms with E-state index in [4.69, 9.17) is 0 Å². The molecule has 4 nitrogen and oxygen atoms in total. The number of pyridine rings is 1. The van der Waals surface area contributed by atoms with Gasteiger partial charge in [0, 0.05) is 38.9 Å². The average Bonchev–Trinajstić information content (AvgIpc) is 2.39. The first-order valence-corrected chi connectivity index (χ1v) is 6.08. The van der Waals surface area contributed by atoms with Crippen LogP contribution in [0.1, 0.15) is 11.1 Å². The second kappa shape index (κ2) is 4.39. The fourth-order valence-corrected chi connectivity index (χ4v) is 2.42. The maximum Gasteiger partial charge on any atom is 0.128 e. The summed E-state index contributed by atoms with van der Waals surface area (Å²) in [6.45, 7) is 6.35. The smallest absolute Gasteiger partial charge is 0.128 e. The highest BCUT2D eigenvalue weighted by Gasteiger charge is 2.15. The SMILES string of the molecule is c1nc(N2CCNCC2)cc2c1CCNC2. The summed E-state index contributed by atoms with van der Waals surface area (Å²) in [7, 11) is 0. The Morgan fingerprint density at radius 1 is 1.06 bits per heavy atom. The van der Waals surface area contributed by atoms with Crippen LogP contribution in [0.5, 0.6) is 0 Å². The van der Waals surface area contributed by atoms with Gasteiger partial charge in [-0.1, -0.05) is 0 Å². The highest BCUT2D eigenvalue weighted by atomic mass is 15.2. The number of piperazine rings is 1. The van der Waals surface area contributed by atoms with E-state index in [1.54, 1.807) is 0 Å². The van der Waals surface area contributed by atoms with Crippen LogP contribution >= 0.6 is 0 Å². The van der Waals surface area contributed by atoms with Gasteiger partial charge in [-0.25, -0.2) is 4.98 Å². The van der Waals surface area contributed by atoms with E-state index >= 15 is 0 Å². The molecule has 1 aromatic rings. The standard InChI is InChI=1S/C12H18N4/c1-2-14-8-11-7-12(15-9-10(1)11)16-5-3-13-4-6-16/h7,9,13-14H,1-6,8H2. The molecule has 1 saturated heterocycles. The maximum absolute atomic E-state index is 4.59. The van der Waals surface area contributed by atoms with Crippen molar-refractivity contribution in [2.75, 3.05) is 37.6 Å². The number of hydrogen-bond donors (Lipinski definition) is 2. The fraction of sp³-hybridized carbons (Fsp3) is 0.583. The van der Waals surface area contributed by atoms with Crippen LogP contribution < -0.4 is 15.5 Å². The molecule has 86 valence electrons. The van der Waals surface area contributed by atoms with Gasteiger partial charge in [-0.05, 0) is 30.2 Å². The van der Waals surface area contributed by atoms with Gasteiger partial charge in [0.05, 0.1) is 0 Å². The van der Waals surface area contributed by atoms with Crippen LogP contribution in [0, 0.1) is 0 Å². The van der Waals surface area contributed by atoms with Gasteiger partial charge in [-0.3, -0.25) is 0 Å². The summed E-state index contributed by atoms with van der Waals surface area (Å²) >= 11 is 0. The predicted molar refractivity (Wildman–Crippen MR) is 64.7 cm³/mol. The van der Waals surface area contributed by atoms with Crippen molar-refractivity contribution in [3.05, 3.63) is 23.4 Å². The summed E-state index contributed by atoms with van der Waals surface area (Å²) in [6, 6.07) is 2.26. The van der Waals surface area contributed by atoms with Crippen LogP contribution in [-0.2, 0) is 13.0 Å². The van der Waals surface area contributed by atoms with Crippen LogP contribution in [0.25, 0.3) is 0 Å². The molecule has 1 aromatic heterocycles. The number of nitrogens with one attached hydrogen (secondary N) is 2. The van der Waals surface area contributed by atoms with E-state index < -0.39 is 0 Å². The Kier molecular flexibility index (Phi) is 2.76. The molecule has 0 bridgehead atoms. The summed E-state index contributed by atoms with van der Waals surface area (Å²) in [4.78, 5) is 6.95. The molecule has 3 heterocycles. The predicted octanol–water partition coefficient (Wildman–Crippen LogP) is 0.137. The summed E-state index contributed by atoms with van der Waals surface area (Å²) in [5.41, 5.74) is 2.84. The molecule has 0 unspecified atom stereocenters. The van der Waals surface area contributed by atoms with Crippen LogP contribution in [0.2, 0.25) is 0 Å². The molecule has 0 amide bonds. The van der Waals surface area contributed by atoms with E-state index in [1.165, 1.54) is 11.1 Å². The van der Waals surface area contributed by atoms with Crippen LogP contribution in [0.3, 0.4) is 0 Å². The molecule has 2 aliphatic heterocycles. The lowest BCUT2D eigenvalue weighted by Gasteiger charge is -2.29. The third-order valence-electron chi connectivity index (χ3n) is 3.40. The number of rotatable bonds is 1. The van der Waals surface area contributed by atoms with Crippen molar-refractivity contribution in [2.45, 2.75) is 13.0 Å². The van der Waals surface area contributed by atoms with Gasteiger partial charge < -0.3 is 15.5 Å². The van der Waals surface area contributed by atoms with E-state index in [0.717, 1.165) is 51.5 Å². The molecule has 0 radical (unpaired) electrons. The van der Waals surface area contributed by atoms with Crippen LogP contribution in [0.15, 0.2) is 12.3 Å². The van der Waals surface area contributed by atoms with Gasteiger partial charge in [-0.15, -0.1) is 0 Å². The van der Waals surface area contributed by atoms with Gasteiger partial charge >= 0.3 is 0 Å². The van der Waals surface area contributed by atoms with Crippen LogP contribution in [-0.4, -0.2) is 37.7 Å². The van der Waals surface area contributed by atoms with Crippen molar-refractivity contribution in [1.82, 2.24) is 15.6 Å². The zero-order valence-corrected chi connectivity index (χ0v) is 9.50. The first kappa shape index (κ1) is 10.1. The topological polar surface area (TPSA) is 40.2 Å². The fourth-order valence-electron chi connectivity index (χ4n) is 2.42. The van der Waals surface area contributed by atoms with Crippen molar-refractivity contribution >= 4 is 5.82 Å². The molecule has 0 saturated carbocycles. The Bertz CT molecular complexity index is 371. The first-order chi connectivity index (χ1) is 7.93. The quantitative estimate of drug-likeness (QED) is 0.703. The molecular formula is C12H18N4. The Hall–Kier alpha value is -1.13. The summed E-state index contributed by atoms with van der Waals surface area (Å²) < 4.78 is 0. The van der Waals surface area contributed by atoms with Crippen molar-refractivity contribution in [2.24, 2.45) is 0 Å². The lowest BCUT2D eigenvalue weighted by Crippen LogP contribution is -2.44. The summed E-state index contributed by atoms with van der Waals surface area (Å²) in [5.74, 6) is 1.14. The third kappa shape index (κ3) is 1.90. The van der Waals surface area contributed by atoms with E-state index in [-0.39, 0.29) is 0 Å². The maximum atomic E-state index is 4.59. The Labute approximate surface area is 96.1 Å². The number of anilines is 1. The molecule has 16 heavy (non-hydrogen) atoms. The van der Waals surface area contributed by atoms with Crippen molar-refractivity contribution in [1.29, 1.82) is 0 Å². The number of hydrogen-bond acceptors (Lipinski definition) is 4.